The van der Waals surface area contributed by atoms with Gasteiger partial charge in [-0.25, -0.2) is 4.98 Å². The molecule has 0 spiro atoms. The van der Waals surface area contributed by atoms with E-state index in [1.54, 1.807) is 0 Å². The summed E-state index contributed by atoms with van der Waals surface area (Å²) in [6, 6.07) is 14.4. The summed E-state index contributed by atoms with van der Waals surface area (Å²) in [5.74, 6) is 0.119. The van der Waals surface area contributed by atoms with Gasteiger partial charge < -0.3 is 4.57 Å². The normalized spacial score (nSPS) is 16.6. The van der Waals surface area contributed by atoms with E-state index in [-0.39, 0.29) is 11.8 Å². The number of thiazole rings is 1. The fraction of sp³-hybridized carbons (Fsp3) is 0.190. The van der Waals surface area contributed by atoms with Crippen molar-refractivity contribution >= 4 is 39.6 Å². The van der Waals surface area contributed by atoms with Crippen LogP contribution >= 0.6 is 22.9 Å². The molecule has 1 aliphatic carbocycles. The smallest absolute Gasteiger partial charge is 0.242 e. The highest BCUT2D eigenvalue weighted by molar-refractivity contribution is 7.17. The third-order valence-electron chi connectivity index (χ3n) is 5.14. The molecular formula is C21H17ClN3OS+. The highest BCUT2D eigenvalue weighted by Gasteiger charge is 2.36. The van der Waals surface area contributed by atoms with Crippen LogP contribution in [0.1, 0.15) is 33.4 Å². The Morgan fingerprint density at radius 1 is 1.22 bits per heavy atom. The van der Waals surface area contributed by atoms with Crippen molar-refractivity contribution in [2.24, 2.45) is 0 Å². The summed E-state index contributed by atoms with van der Waals surface area (Å²) in [5, 5.41) is 1.13. The van der Waals surface area contributed by atoms with Crippen molar-refractivity contribution in [3.8, 4) is 0 Å². The van der Waals surface area contributed by atoms with Crippen LogP contribution in [0.3, 0.4) is 0 Å². The number of carbonyl (C=O) groups is 1. The van der Waals surface area contributed by atoms with Crippen LogP contribution in [0.2, 0.25) is 4.47 Å². The summed E-state index contributed by atoms with van der Waals surface area (Å²) in [7, 11) is 0. The number of halogens is 1. The van der Waals surface area contributed by atoms with Gasteiger partial charge in [0, 0.05) is 25.2 Å². The van der Waals surface area contributed by atoms with Gasteiger partial charge in [0.15, 0.2) is 16.9 Å². The lowest BCUT2D eigenvalue weighted by Crippen LogP contribution is -2.45. The first-order valence-corrected chi connectivity index (χ1v) is 10.1. The Hall–Kier alpha value is -2.50. The topological polar surface area (TPSA) is 38.8 Å². The van der Waals surface area contributed by atoms with Crippen molar-refractivity contribution in [1.82, 2.24) is 9.55 Å². The molecule has 0 amide bonds. The summed E-state index contributed by atoms with van der Waals surface area (Å²) < 4.78 is 4.72. The third kappa shape index (κ3) is 2.97. The number of rotatable bonds is 3. The predicted molar refractivity (Wildman–Crippen MR) is 106 cm³/mol. The molecule has 0 saturated carbocycles. The molecule has 4 aromatic rings. The van der Waals surface area contributed by atoms with Crippen LogP contribution < -0.4 is 4.57 Å². The summed E-state index contributed by atoms with van der Waals surface area (Å²) in [4.78, 5) is 17.9. The molecular weight excluding hydrogens is 378 g/mol. The van der Waals surface area contributed by atoms with Crippen LogP contribution in [0.15, 0.2) is 61.1 Å². The molecule has 134 valence electrons. The molecule has 0 fully saturated rings. The van der Waals surface area contributed by atoms with Crippen LogP contribution in [0.25, 0.3) is 10.9 Å². The molecule has 1 atom stereocenters. The molecule has 3 heterocycles. The van der Waals surface area contributed by atoms with Crippen molar-refractivity contribution in [2.75, 3.05) is 0 Å². The van der Waals surface area contributed by atoms with E-state index in [0.29, 0.717) is 9.34 Å². The highest BCUT2D eigenvalue weighted by atomic mass is 35.5. The number of pyridine rings is 1. The summed E-state index contributed by atoms with van der Waals surface area (Å²) in [6.45, 7) is 0.833. The quantitative estimate of drug-likeness (QED) is 0.481. The van der Waals surface area contributed by atoms with E-state index in [2.05, 4.69) is 58.3 Å². The fourth-order valence-electron chi connectivity index (χ4n) is 3.80. The van der Waals surface area contributed by atoms with E-state index >= 15 is 0 Å². The zero-order chi connectivity index (χ0) is 18.4. The van der Waals surface area contributed by atoms with Gasteiger partial charge in [0.2, 0.25) is 11.8 Å². The lowest BCUT2D eigenvalue weighted by atomic mass is 9.96. The Morgan fingerprint density at radius 2 is 2.07 bits per heavy atom. The maximum absolute atomic E-state index is 12.9. The number of benzene rings is 1. The number of ketones is 1. The van der Waals surface area contributed by atoms with Crippen LogP contribution in [0.5, 0.6) is 0 Å². The van der Waals surface area contributed by atoms with Crippen molar-refractivity contribution < 1.29 is 9.36 Å². The number of hydrogen-bond donors (Lipinski definition) is 0. The molecule has 0 saturated heterocycles. The Kier molecular flexibility index (Phi) is 4.06. The Morgan fingerprint density at radius 3 is 2.93 bits per heavy atom. The molecule has 1 aromatic carbocycles. The molecule has 6 heteroatoms. The minimum atomic E-state index is -0.184. The monoisotopic (exact) mass is 394 g/mol. The van der Waals surface area contributed by atoms with E-state index in [1.807, 2.05) is 16.8 Å². The van der Waals surface area contributed by atoms with E-state index < -0.39 is 0 Å². The number of fused-ring (bicyclic) bond motifs is 2. The van der Waals surface area contributed by atoms with Gasteiger partial charge in [-0.15, -0.1) is 0 Å². The standard InChI is InChI=1S/C21H17ClN3OS/c22-21-23-16-6-7-18(19(26)20(16)27-21)25-11-9-17-15(13-25)8-10-24(17)12-14-4-2-1-3-5-14/h1-5,8-11,13,18H,6-7,12H2/q+1. The number of Topliss-reactive ketones (excluding diaryl/α,β-unsaturated/α-hetero) is 1. The van der Waals surface area contributed by atoms with E-state index in [1.165, 1.54) is 22.4 Å². The molecule has 27 heavy (non-hydrogen) atoms. The highest BCUT2D eigenvalue weighted by Crippen LogP contribution is 2.32. The summed E-state index contributed by atoms with van der Waals surface area (Å²) in [6.07, 6.45) is 7.74. The van der Waals surface area contributed by atoms with Gasteiger partial charge in [-0.05, 0) is 18.1 Å². The fourth-order valence-corrected chi connectivity index (χ4v) is 4.96. The number of aryl methyl sites for hydroxylation is 1. The van der Waals surface area contributed by atoms with E-state index in [9.17, 15) is 4.79 Å². The minimum Gasteiger partial charge on any atom is -0.343 e. The second-order valence-electron chi connectivity index (χ2n) is 6.82. The van der Waals surface area contributed by atoms with E-state index in [0.717, 1.165) is 30.5 Å². The maximum atomic E-state index is 12.9. The second kappa shape index (κ2) is 6.59. The molecule has 0 bridgehead atoms. The van der Waals surface area contributed by atoms with Gasteiger partial charge >= 0.3 is 0 Å². The summed E-state index contributed by atoms with van der Waals surface area (Å²) >= 11 is 7.30. The molecule has 0 radical (unpaired) electrons. The average Bonchev–Trinajstić information content (AvgIpc) is 3.26. The van der Waals surface area contributed by atoms with Crippen molar-refractivity contribution in [1.29, 1.82) is 0 Å². The third-order valence-corrected chi connectivity index (χ3v) is 6.36. The van der Waals surface area contributed by atoms with E-state index in [4.69, 9.17) is 11.6 Å². The zero-order valence-electron chi connectivity index (χ0n) is 14.5. The van der Waals surface area contributed by atoms with Gasteiger partial charge in [0.25, 0.3) is 0 Å². The maximum Gasteiger partial charge on any atom is 0.242 e. The lowest BCUT2D eigenvalue weighted by Gasteiger charge is -2.15. The molecule has 3 aromatic heterocycles. The molecule has 1 unspecified atom stereocenters. The average molecular weight is 395 g/mol. The first kappa shape index (κ1) is 16.7. The van der Waals surface area contributed by atoms with Gasteiger partial charge in [0.05, 0.1) is 16.6 Å². The van der Waals surface area contributed by atoms with Crippen LogP contribution in [-0.2, 0) is 13.0 Å². The van der Waals surface area contributed by atoms with Crippen molar-refractivity contribution in [2.45, 2.75) is 25.4 Å². The summed E-state index contributed by atoms with van der Waals surface area (Å²) in [5.41, 5.74) is 3.28. The van der Waals surface area contributed by atoms with Gasteiger partial charge in [-0.1, -0.05) is 53.3 Å². The first-order chi connectivity index (χ1) is 13.2. The molecule has 5 rings (SSSR count). The lowest BCUT2D eigenvalue weighted by molar-refractivity contribution is -0.707. The van der Waals surface area contributed by atoms with Gasteiger partial charge in [0.1, 0.15) is 4.88 Å². The minimum absolute atomic E-state index is 0.119. The molecule has 1 aliphatic rings. The number of nitrogens with zero attached hydrogens (tertiary/aromatic N) is 3. The molecule has 0 N–H and O–H groups in total. The zero-order valence-corrected chi connectivity index (χ0v) is 16.1. The van der Waals surface area contributed by atoms with Crippen LogP contribution in [0, 0.1) is 0 Å². The van der Waals surface area contributed by atoms with Crippen molar-refractivity contribution in [3.05, 3.63) is 81.7 Å². The number of aromatic nitrogens is 3. The first-order valence-electron chi connectivity index (χ1n) is 8.92. The second-order valence-corrected chi connectivity index (χ2v) is 8.40. The van der Waals surface area contributed by atoms with Crippen LogP contribution in [0.4, 0.5) is 0 Å². The number of hydrogen-bond acceptors (Lipinski definition) is 3. The van der Waals surface area contributed by atoms with Crippen LogP contribution in [-0.4, -0.2) is 15.3 Å². The Balaban J connectivity index is 1.47. The predicted octanol–water partition coefficient (Wildman–Crippen LogP) is 4.46. The number of carbonyl (C=O) groups excluding carboxylic acids is 1. The molecule has 0 aliphatic heterocycles. The Bertz CT molecular complexity index is 1150. The molecule has 4 nitrogen and oxygen atoms in total. The SMILES string of the molecule is O=C1c2sc(Cl)nc2CCC1[n+]1ccc2c(ccn2Cc2ccccc2)c1. The van der Waals surface area contributed by atoms with Gasteiger partial charge in [-0.3, -0.25) is 4.79 Å². The Labute approximate surface area is 165 Å². The van der Waals surface area contributed by atoms with Gasteiger partial charge in [-0.2, -0.15) is 4.57 Å². The van der Waals surface area contributed by atoms with Crippen molar-refractivity contribution in [3.63, 3.8) is 0 Å². The largest absolute Gasteiger partial charge is 0.343 e.